The molecule has 198 valence electrons. The number of thioether (sulfide) groups is 1. The molecular weight excluding hydrogens is 499 g/mol. The lowest BCUT2D eigenvalue weighted by atomic mass is 9.96. The number of hydrogen-bond acceptors (Lipinski definition) is 6. The van der Waals surface area contributed by atoms with Crippen LogP contribution < -0.4 is 15.8 Å². The Morgan fingerprint density at radius 1 is 1.18 bits per heavy atom. The van der Waals surface area contributed by atoms with E-state index in [1.165, 1.54) is 6.07 Å². The van der Waals surface area contributed by atoms with Crippen LogP contribution in [0.25, 0.3) is 22.0 Å². The van der Waals surface area contributed by atoms with E-state index in [4.69, 9.17) is 0 Å². The summed E-state index contributed by atoms with van der Waals surface area (Å²) in [7, 11) is 1.71. The first kappa shape index (κ1) is 26.3. The largest absolute Gasteiger partial charge is 0.388 e. The minimum atomic E-state index is -0.857. The summed E-state index contributed by atoms with van der Waals surface area (Å²) in [6.07, 6.45) is 4.22. The van der Waals surface area contributed by atoms with Crippen molar-refractivity contribution < 1.29 is 9.50 Å². The molecule has 2 N–H and O–H groups in total. The summed E-state index contributed by atoms with van der Waals surface area (Å²) in [6.45, 7) is 6.70. The number of aryl methyl sites for hydroxylation is 1. The number of aliphatic hydroxyl groups is 1. The van der Waals surface area contributed by atoms with Gasteiger partial charge in [-0.3, -0.25) is 4.79 Å². The molecule has 5 rings (SSSR count). The number of pyridine rings is 2. The first-order valence-electron chi connectivity index (χ1n) is 12.7. The fraction of sp³-hybridized carbons (Fsp3) is 0.333. The predicted molar refractivity (Wildman–Crippen MR) is 155 cm³/mol. The second kappa shape index (κ2) is 10.1. The third-order valence-corrected chi connectivity index (χ3v) is 8.14. The number of rotatable bonds is 6. The van der Waals surface area contributed by atoms with E-state index in [0.29, 0.717) is 36.2 Å². The lowest BCUT2D eigenvalue weighted by molar-refractivity contribution is 0.0838. The predicted octanol–water partition coefficient (Wildman–Crippen LogP) is 5.90. The monoisotopic (exact) mass is 532 g/mol. The van der Waals surface area contributed by atoms with Gasteiger partial charge >= 0.3 is 0 Å². The van der Waals surface area contributed by atoms with Crippen molar-refractivity contribution in [3.63, 3.8) is 0 Å². The van der Waals surface area contributed by atoms with Crippen molar-refractivity contribution >= 4 is 34.0 Å². The van der Waals surface area contributed by atoms with Crippen LogP contribution in [0.2, 0.25) is 0 Å². The van der Waals surface area contributed by atoms with E-state index in [-0.39, 0.29) is 17.4 Å². The molecule has 0 aliphatic carbocycles. The Labute approximate surface area is 226 Å². The molecule has 3 heterocycles. The van der Waals surface area contributed by atoms with Crippen LogP contribution in [0.4, 0.5) is 15.9 Å². The second-order valence-electron chi connectivity index (χ2n) is 10.5. The lowest BCUT2D eigenvalue weighted by Crippen LogP contribution is -2.30. The topological polar surface area (TPSA) is 70.4 Å². The van der Waals surface area contributed by atoms with Crippen LogP contribution in [-0.4, -0.2) is 39.6 Å². The number of aromatic nitrogens is 2. The first-order chi connectivity index (χ1) is 18.1. The molecule has 2 aromatic heterocycles. The number of nitrogens with zero attached hydrogens (tertiary/aromatic N) is 3. The van der Waals surface area contributed by atoms with Crippen LogP contribution >= 0.6 is 11.8 Å². The highest BCUT2D eigenvalue weighted by Gasteiger charge is 2.33. The average molecular weight is 533 g/mol. The highest BCUT2D eigenvalue weighted by molar-refractivity contribution is 7.98. The summed E-state index contributed by atoms with van der Waals surface area (Å²) in [5, 5.41) is 15.4. The number of halogens is 1. The highest BCUT2D eigenvalue weighted by atomic mass is 32.2. The fourth-order valence-electron chi connectivity index (χ4n) is 5.33. The number of hydrogen-bond donors (Lipinski definition) is 2. The maximum absolute atomic E-state index is 15.3. The van der Waals surface area contributed by atoms with Gasteiger partial charge in [-0.1, -0.05) is 18.2 Å². The molecule has 4 aromatic rings. The molecule has 2 atom stereocenters. The van der Waals surface area contributed by atoms with Crippen molar-refractivity contribution in [2.45, 2.75) is 43.7 Å². The van der Waals surface area contributed by atoms with E-state index in [1.54, 1.807) is 41.4 Å². The Balaban J connectivity index is 1.58. The molecular formula is C30H33FN4O2S. The fourth-order valence-corrected chi connectivity index (χ4v) is 5.89. The molecule has 0 amide bonds. The molecule has 1 aliphatic rings. The van der Waals surface area contributed by atoms with Gasteiger partial charge in [0.25, 0.3) is 5.56 Å². The molecule has 1 aliphatic heterocycles. The van der Waals surface area contributed by atoms with Crippen molar-refractivity contribution in [2.75, 3.05) is 29.6 Å². The Morgan fingerprint density at radius 2 is 1.95 bits per heavy atom. The van der Waals surface area contributed by atoms with Crippen LogP contribution in [0.15, 0.2) is 64.4 Å². The molecule has 0 spiro atoms. The Hall–Kier alpha value is -3.36. The van der Waals surface area contributed by atoms with E-state index in [1.807, 2.05) is 37.4 Å². The van der Waals surface area contributed by atoms with E-state index in [0.717, 1.165) is 27.1 Å². The van der Waals surface area contributed by atoms with Crippen molar-refractivity contribution in [3.8, 4) is 11.3 Å². The van der Waals surface area contributed by atoms with Gasteiger partial charge in [0.2, 0.25) is 0 Å². The Bertz CT molecular complexity index is 1580. The molecule has 1 unspecified atom stereocenters. The van der Waals surface area contributed by atoms with Crippen LogP contribution in [-0.2, 0) is 7.05 Å². The highest BCUT2D eigenvalue weighted by Crippen LogP contribution is 2.34. The zero-order valence-corrected chi connectivity index (χ0v) is 23.2. The SMILES string of the molecule is CSc1ccccc1N[C@H](C)c1cc(C)cc2c(=O)n(C)c(-c3cnc(N4CCC(C)(O)C4)c(F)c3)cc12. The quantitative estimate of drug-likeness (QED) is 0.301. The van der Waals surface area contributed by atoms with E-state index in [9.17, 15) is 9.90 Å². The number of anilines is 2. The number of β-amino-alcohol motifs (C(OH)–C–C–N with tert-alkyl or cyclic N) is 1. The van der Waals surface area contributed by atoms with Gasteiger partial charge in [0.15, 0.2) is 11.6 Å². The standard InChI is InChI=1S/C30H33FN4O2S/c1-18-12-21(19(2)33-25-8-6-7-9-27(25)38-5)22-15-26(34(4)29(36)23(22)13-18)20-14-24(31)28(32-16-20)35-11-10-30(3,37)17-35/h6-9,12-16,19,33,37H,10-11,17H2,1-5H3/t19-,30?/m1/s1. The van der Waals surface area contributed by atoms with Gasteiger partial charge in [0, 0.05) is 53.9 Å². The molecule has 6 nitrogen and oxygen atoms in total. The Morgan fingerprint density at radius 3 is 2.63 bits per heavy atom. The number of nitrogens with one attached hydrogen (secondary N) is 1. The summed E-state index contributed by atoms with van der Waals surface area (Å²) in [5.41, 5.74) is 3.16. The molecule has 1 fully saturated rings. The third kappa shape index (κ3) is 4.90. The Kier molecular flexibility index (Phi) is 6.96. The van der Waals surface area contributed by atoms with Gasteiger partial charge in [-0.2, -0.15) is 0 Å². The zero-order valence-electron chi connectivity index (χ0n) is 22.4. The second-order valence-corrected chi connectivity index (χ2v) is 11.3. The smallest absolute Gasteiger partial charge is 0.258 e. The molecule has 0 saturated carbocycles. The van der Waals surface area contributed by atoms with Gasteiger partial charge in [-0.05, 0) is 80.3 Å². The van der Waals surface area contributed by atoms with Gasteiger partial charge < -0.3 is 19.9 Å². The summed E-state index contributed by atoms with van der Waals surface area (Å²) >= 11 is 1.68. The first-order valence-corrected chi connectivity index (χ1v) is 14.0. The summed E-state index contributed by atoms with van der Waals surface area (Å²) < 4.78 is 16.8. The number of para-hydroxylation sites is 1. The molecule has 1 saturated heterocycles. The van der Waals surface area contributed by atoms with Crippen LogP contribution in [0.3, 0.4) is 0 Å². The van der Waals surface area contributed by atoms with Crippen molar-refractivity contribution in [1.82, 2.24) is 9.55 Å². The summed E-state index contributed by atoms with van der Waals surface area (Å²) in [5.74, 6) is -0.250. The van der Waals surface area contributed by atoms with Gasteiger partial charge in [-0.15, -0.1) is 11.8 Å². The molecule has 2 aromatic carbocycles. The normalized spacial score (nSPS) is 18.2. The minimum absolute atomic E-state index is 0.0779. The van der Waals surface area contributed by atoms with Crippen molar-refractivity contribution in [1.29, 1.82) is 0 Å². The van der Waals surface area contributed by atoms with E-state index in [2.05, 4.69) is 35.4 Å². The molecule has 0 radical (unpaired) electrons. The maximum Gasteiger partial charge on any atom is 0.258 e. The van der Waals surface area contributed by atoms with Crippen LogP contribution in [0.5, 0.6) is 0 Å². The molecule has 8 heteroatoms. The number of benzene rings is 2. The van der Waals surface area contributed by atoms with Gasteiger partial charge in [-0.25, -0.2) is 9.37 Å². The summed E-state index contributed by atoms with van der Waals surface area (Å²) in [4.78, 5) is 20.8. The van der Waals surface area contributed by atoms with Gasteiger partial charge in [0.1, 0.15) is 0 Å². The van der Waals surface area contributed by atoms with Crippen LogP contribution in [0, 0.1) is 12.7 Å². The minimum Gasteiger partial charge on any atom is -0.388 e. The van der Waals surface area contributed by atoms with Crippen molar-refractivity contribution in [3.05, 3.63) is 82.0 Å². The van der Waals surface area contributed by atoms with E-state index >= 15 is 4.39 Å². The third-order valence-electron chi connectivity index (χ3n) is 7.35. The maximum atomic E-state index is 15.3. The summed E-state index contributed by atoms with van der Waals surface area (Å²) in [6, 6.07) is 15.5. The average Bonchev–Trinajstić information content (AvgIpc) is 3.25. The van der Waals surface area contributed by atoms with Crippen molar-refractivity contribution in [2.24, 2.45) is 7.05 Å². The lowest BCUT2D eigenvalue weighted by Gasteiger charge is -2.22. The van der Waals surface area contributed by atoms with E-state index < -0.39 is 11.4 Å². The van der Waals surface area contributed by atoms with Crippen LogP contribution in [0.1, 0.15) is 37.4 Å². The molecule has 0 bridgehead atoms. The number of fused-ring (bicyclic) bond motifs is 1. The molecule has 38 heavy (non-hydrogen) atoms. The van der Waals surface area contributed by atoms with Gasteiger partial charge in [0.05, 0.1) is 11.3 Å². The zero-order chi connectivity index (χ0) is 27.2.